The van der Waals surface area contributed by atoms with E-state index >= 15 is 0 Å². The standard InChI is InChI=1S/C12H22N2O5/c1-9(2)14-3-4-19-10(6-14)5-13(7-11(15)16)8-12(17)18/h9-10H,3-8H2,1-2H3,(H,15,16)(H,17,18). The number of hydrogen-bond acceptors (Lipinski definition) is 5. The smallest absolute Gasteiger partial charge is 0.317 e. The van der Waals surface area contributed by atoms with Crippen LogP contribution in [0.25, 0.3) is 0 Å². The van der Waals surface area contributed by atoms with Crippen LogP contribution in [0.5, 0.6) is 0 Å². The molecule has 1 heterocycles. The maximum atomic E-state index is 10.7. The van der Waals surface area contributed by atoms with E-state index in [0.29, 0.717) is 25.7 Å². The third-order valence-electron chi connectivity index (χ3n) is 3.08. The van der Waals surface area contributed by atoms with Gasteiger partial charge in [0.15, 0.2) is 0 Å². The maximum Gasteiger partial charge on any atom is 0.317 e. The Labute approximate surface area is 112 Å². The van der Waals surface area contributed by atoms with E-state index in [1.807, 2.05) is 0 Å². The highest BCUT2D eigenvalue weighted by Crippen LogP contribution is 2.10. The Morgan fingerprint density at radius 1 is 1.32 bits per heavy atom. The van der Waals surface area contributed by atoms with Gasteiger partial charge in [0.1, 0.15) is 0 Å². The van der Waals surface area contributed by atoms with E-state index in [2.05, 4.69) is 18.7 Å². The van der Waals surface area contributed by atoms with Gasteiger partial charge in [0.05, 0.1) is 25.8 Å². The van der Waals surface area contributed by atoms with E-state index < -0.39 is 11.9 Å². The van der Waals surface area contributed by atoms with Gasteiger partial charge in [0.25, 0.3) is 0 Å². The molecule has 2 N–H and O–H groups in total. The predicted octanol–water partition coefficient (Wildman–Crippen LogP) is -0.433. The third-order valence-corrected chi connectivity index (χ3v) is 3.08. The van der Waals surface area contributed by atoms with E-state index in [0.717, 1.165) is 6.54 Å². The highest BCUT2D eigenvalue weighted by Gasteiger charge is 2.25. The molecule has 7 heteroatoms. The molecular weight excluding hydrogens is 252 g/mol. The SMILES string of the molecule is CC(C)N1CCOC(CN(CC(=O)O)CC(=O)O)C1. The largest absolute Gasteiger partial charge is 0.480 e. The first-order valence-electron chi connectivity index (χ1n) is 6.40. The summed E-state index contributed by atoms with van der Waals surface area (Å²) in [7, 11) is 0. The summed E-state index contributed by atoms with van der Waals surface area (Å²) in [5.41, 5.74) is 0. The number of ether oxygens (including phenoxy) is 1. The van der Waals surface area contributed by atoms with Crippen molar-refractivity contribution in [2.24, 2.45) is 0 Å². The van der Waals surface area contributed by atoms with Crippen molar-refractivity contribution in [2.45, 2.75) is 26.0 Å². The molecule has 1 fully saturated rings. The summed E-state index contributed by atoms with van der Waals surface area (Å²) in [5.74, 6) is -2.06. The van der Waals surface area contributed by atoms with Crippen molar-refractivity contribution in [3.8, 4) is 0 Å². The van der Waals surface area contributed by atoms with Crippen LogP contribution in [0, 0.1) is 0 Å². The van der Waals surface area contributed by atoms with Crippen LogP contribution in [0.3, 0.4) is 0 Å². The minimum atomic E-state index is -1.03. The first kappa shape index (κ1) is 15.9. The average molecular weight is 274 g/mol. The molecule has 1 aliphatic heterocycles. The molecule has 0 aromatic rings. The summed E-state index contributed by atoms with van der Waals surface area (Å²) in [6.45, 7) is 6.09. The summed E-state index contributed by atoms with van der Waals surface area (Å²) in [6, 6.07) is 0.402. The van der Waals surface area contributed by atoms with E-state index in [1.54, 1.807) is 0 Å². The summed E-state index contributed by atoms with van der Waals surface area (Å²) in [4.78, 5) is 25.1. The molecule has 1 saturated heterocycles. The second-order valence-corrected chi connectivity index (χ2v) is 5.04. The minimum absolute atomic E-state index is 0.144. The zero-order valence-corrected chi connectivity index (χ0v) is 11.4. The Bertz CT molecular complexity index is 305. The van der Waals surface area contributed by atoms with Crippen LogP contribution >= 0.6 is 0 Å². The van der Waals surface area contributed by atoms with Gasteiger partial charge in [-0.3, -0.25) is 19.4 Å². The highest BCUT2D eigenvalue weighted by molar-refractivity contribution is 5.72. The van der Waals surface area contributed by atoms with Crippen molar-refractivity contribution in [1.29, 1.82) is 0 Å². The Hall–Kier alpha value is -1.18. The summed E-state index contributed by atoms with van der Waals surface area (Å²) in [6.07, 6.45) is -0.144. The van der Waals surface area contributed by atoms with Gasteiger partial charge in [0, 0.05) is 25.7 Å². The first-order valence-corrected chi connectivity index (χ1v) is 6.40. The summed E-state index contributed by atoms with van der Waals surface area (Å²) >= 11 is 0. The first-order chi connectivity index (χ1) is 8.88. The number of nitrogens with zero attached hydrogens (tertiary/aromatic N) is 2. The predicted molar refractivity (Wildman–Crippen MR) is 68.2 cm³/mol. The number of aliphatic carboxylic acids is 2. The molecule has 0 amide bonds. The molecule has 0 radical (unpaired) electrons. The van der Waals surface area contributed by atoms with E-state index in [1.165, 1.54) is 4.90 Å². The van der Waals surface area contributed by atoms with Gasteiger partial charge in [-0.15, -0.1) is 0 Å². The Morgan fingerprint density at radius 3 is 2.37 bits per heavy atom. The molecule has 0 spiro atoms. The Kier molecular flexibility index (Phi) is 6.20. The molecule has 0 aliphatic carbocycles. The lowest BCUT2D eigenvalue weighted by molar-refractivity contribution is -0.143. The summed E-state index contributed by atoms with van der Waals surface area (Å²) in [5, 5.41) is 17.6. The van der Waals surface area contributed by atoms with Gasteiger partial charge in [-0.05, 0) is 13.8 Å². The third kappa shape index (κ3) is 6.00. The molecule has 0 bridgehead atoms. The lowest BCUT2D eigenvalue weighted by Gasteiger charge is -2.37. The van der Waals surface area contributed by atoms with Crippen molar-refractivity contribution in [1.82, 2.24) is 9.80 Å². The molecule has 19 heavy (non-hydrogen) atoms. The molecular formula is C12H22N2O5. The van der Waals surface area contributed by atoms with Gasteiger partial charge in [-0.1, -0.05) is 0 Å². The second kappa shape index (κ2) is 7.42. The number of carboxylic acid groups (broad SMARTS) is 2. The minimum Gasteiger partial charge on any atom is -0.480 e. The number of carboxylic acids is 2. The fourth-order valence-electron chi connectivity index (χ4n) is 2.18. The lowest BCUT2D eigenvalue weighted by atomic mass is 10.2. The molecule has 1 aliphatic rings. The van der Waals surface area contributed by atoms with Crippen LogP contribution in [0.2, 0.25) is 0 Å². The number of rotatable bonds is 7. The zero-order chi connectivity index (χ0) is 14.4. The molecule has 0 aromatic carbocycles. The average Bonchev–Trinajstić information content (AvgIpc) is 2.27. The monoisotopic (exact) mass is 274 g/mol. The topological polar surface area (TPSA) is 90.3 Å². The molecule has 1 unspecified atom stereocenters. The van der Waals surface area contributed by atoms with Crippen molar-refractivity contribution >= 4 is 11.9 Å². The molecule has 7 nitrogen and oxygen atoms in total. The van der Waals surface area contributed by atoms with Crippen molar-refractivity contribution in [3.63, 3.8) is 0 Å². The van der Waals surface area contributed by atoms with Crippen molar-refractivity contribution < 1.29 is 24.5 Å². The zero-order valence-electron chi connectivity index (χ0n) is 11.4. The molecule has 110 valence electrons. The highest BCUT2D eigenvalue weighted by atomic mass is 16.5. The molecule has 0 saturated carbocycles. The normalized spacial score (nSPS) is 20.9. The second-order valence-electron chi connectivity index (χ2n) is 5.04. The maximum absolute atomic E-state index is 10.7. The fourth-order valence-corrected chi connectivity index (χ4v) is 2.18. The quantitative estimate of drug-likeness (QED) is 0.651. The van der Waals surface area contributed by atoms with E-state index in [4.69, 9.17) is 14.9 Å². The van der Waals surface area contributed by atoms with Crippen molar-refractivity contribution in [2.75, 3.05) is 39.3 Å². The van der Waals surface area contributed by atoms with E-state index in [9.17, 15) is 9.59 Å². The number of morpholine rings is 1. The summed E-state index contributed by atoms with van der Waals surface area (Å²) < 4.78 is 5.58. The van der Waals surface area contributed by atoms with Crippen LogP contribution in [0.4, 0.5) is 0 Å². The van der Waals surface area contributed by atoms with Gasteiger partial charge >= 0.3 is 11.9 Å². The fraction of sp³-hybridized carbons (Fsp3) is 0.833. The van der Waals surface area contributed by atoms with E-state index in [-0.39, 0.29) is 19.2 Å². The van der Waals surface area contributed by atoms with Gasteiger partial charge in [-0.25, -0.2) is 0 Å². The van der Waals surface area contributed by atoms with Crippen LogP contribution in [-0.4, -0.2) is 83.4 Å². The van der Waals surface area contributed by atoms with Gasteiger partial charge < -0.3 is 14.9 Å². The number of carbonyl (C=O) groups is 2. The van der Waals surface area contributed by atoms with Crippen LogP contribution in [-0.2, 0) is 14.3 Å². The Morgan fingerprint density at radius 2 is 1.89 bits per heavy atom. The van der Waals surface area contributed by atoms with Crippen molar-refractivity contribution in [3.05, 3.63) is 0 Å². The molecule has 0 aromatic heterocycles. The van der Waals surface area contributed by atoms with Gasteiger partial charge in [-0.2, -0.15) is 0 Å². The number of hydrogen-bond donors (Lipinski definition) is 2. The van der Waals surface area contributed by atoms with Gasteiger partial charge in [0.2, 0.25) is 0 Å². The lowest BCUT2D eigenvalue weighted by Crippen LogP contribution is -2.51. The Balaban J connectivity index is 2.52. The molecule has 1 rings (SSSR count). The van der Waals surface area contributed by atoms with Crippen LogP contribution in [0.1, 0.15) is 13.8 Å². The molecule has 1 atom stereocenters. The van der Waals surface area contributed by atoms with Crippen LogP contribution < -0.4 is 0 Å². The van der Waals surface area contributed by atoms with Crippen LogP contribution in [0.15, 0.2) is 0 Å².